The van der Waals surface area contributed by atoms with Crippen molar-refractivity contribution in [3.8, 4) is 0 Å². The Morgan fingerprint density at radius 3 is 2.60 bits per heavy atom. The van der Waals surface area contributed by atoms with E-state index < -0.39 is 5.97 Å². The highest BCUT2D eigenvalue weighted by atomic mass is 32.2. The number of methoxy groups -OCH3 is 1. The molecule has 1 aliphatic heterocycles. The molecule has 0 aliphatic carbocycles. The van der Waals surface area contributed by atoms with Gasteiger partial charge in [-0.25, -0.2) is 4.79 Å². The summed E-state index contributed by atoms with van der Waals surface area (Å²) in [6.07, 6.45) is 3.78. The van der Waals surface area contributed by atoms with Gasteiger partial charge in [-0.05, 0) is 30.4 Å². The zero-order chi connectivity index (χ0) is 11.1. The summed E-state index contributed by atoms with van der Waals surface area (Å²) in [4.78, 5) is 15.9. The molecule has 0 N–H and O–H groups in total. The van der Waals surface area contributed by atoms with Crippen molar-refractivity contribution >= 4 is 23.4 Å². The van der Waals surface area contributed by atoms with E-state index in [1.54, 1.807) is 6.08 Å². The Morgan fingerprint density at radius 2 is 2.07 bits per heavy atom. The summed E-state index contributed by atoms with van der Waals surface area (Å²) in [5.74, 6) is 1.75. The maximum atomic E-state index is 11.3. The van der Waals surface area contributed by atoms with Gasteiger partial charge in [0.15, 0.2) is 5.71 Å². The van der Waals surface area contributed by atoms with Gasteiger partial charge in [-0.3, -0.25) is 0 Å². The highest BCUT2D eigenvalue weighted by molar-refractivity contribution is 7.99. The molecule has 1 saturated heterocycles. The minimum atomic E-state index is -0.456. The van der Waals surface area contributed by atoms with Crippen molar-refractivity contribution in [3.63, 3.8) is 0 Å². The Balaban J connectivity index is 2.72. The molecular formula is C10H15NO3S. The summed E-state index contributed by atoms with van der Waals surface area (Å²) < 4.78 is 4.61. The van der Waals surface area contributed by atoms with Crippen molar-refractivity contribution in [2.24, 2.45) is 5.16 Å². The lowest BCUT2D eigenvalue weighted by Crippen LogP contribution is -2.15. The number of hydrogen-bond acceptors (Lipinski definition) is 5. The van der Waals surface area contributed by atoms with E-state index >= 15 is 0 Å². The van der Waals surface area contributed by atoms with Crippen LogP contribution in [0.25, 0.3) is 0 Å². The molecule has 0 spiro atoms. The predicted molar refractivity (Wildman–Crippen MR) is 61.1 cm³/mol. The largest absolute Gasteiger partial charge is 0.464 e. The fraction of sp³-hybridized carbons (Fsp3) is 0.600. The van der Waals surface area contributed by atoms with Gasteiger partial charge in [0.2, 0.25) is 0 Å². The molecule has 0 aromatic carbocycles. The third-order valence-corrected chi connectivity index (χ3v) is 3.05. The van der Waals surface area contributed by atoms with Crippen LogP contribution in [0.1, 0.15) is 12.8 Å². The quantitative estimate of drug-likeness (QED) is 0.419. The maximum absolute atomic E-state index is 11.3. The second-order valence-corrected chi connectivity index (χ2v) is 4.29. The SMILES string of the molecule is CO/N=C(\C=C1CCSCC1)C(=O)OC. The van der Waals surface area contributed by atoms with Crippen molar-refractivity contribution in [1.29, 1.82) is 0 Å². The normalized spacial score (nSPS) is 17.2. The maximum Gasteiger partial charge on any atom is 0.360 e. The van der Waals surface area contributed by atoms with Crippen LogP contribution in [0.2, 0.25) is 0 Å². The van der Waals surface area contributed by atoms with Crippen LogP contribution in [0, 0.1) is 0 Å². The molecule has 0 unspecified atom stereocenters. The van der Waals surface area contributed by atoms with Gasteiger partial charge >= 0.3 is 5.97 Å². The fourth-order valence-electron chi connectivity index (χ4n) is 1.30. The summed E-state index contributed by atoms with van der Waals surface area (Å²) in [6, 6.07) is 0. The molecule has 0 radical (unpaired) electrons. The molecule has 1 aliphatic rings. The van der Waals surface area contributed by atoms with E-state index in [0.717, 1.165) is 24.3 Å². The first-order chi connectivity index (χ1) is 7.27. The average molecular weight is 229 g/mol. The number of carbonyl (C=O) groups excluding carboxylic acids is 1. The van der Waals surface area contributed by atoms with Crippen molar-refractivity contribution in [2.75, 3.05) is 25.7 Å². The van der Waals surface area contributed by atoms with E-state index in [4.69, 9.17) is 0 Å². The lowest BCUT2D eigenvalue weighted by molar-refractivity contribution is -0.132. The van der Waals surface area contributed by atoms with Crippen molar-refractivity contribution < 1.29 is 14.4 Å². The molecule has 0 saturated carbocycles. The number of nitrogens with zero attached hydrogens (tertiary/aromatic N) is 1. The number of hydrogen-bond donors (Lipinski definition) is 0. The zero-order valence-corrected chi connectivity index (χ0v) is 9.80. The molecule has 84 valence electrons. The number of ether oxygens (including phenoxy) is 1. The molecule has 0 aromatic heterocycles. The molecule has 0 aromatic rings. The minimum absolute atomic E-state index is 0.238. The average Bonchev–Trinajstić information content (AvgIpc) is 2.29. The topological polar surface area (TPSA) is 47.9 Å². The predicted octanol–water partition coefficient (Wildman–Crippen LogP) is 1.62. The van der Waals surface area contributed by atoms with E-state index in [0.29, 0.717) is 0 Å². The summed E-state index contributed by atoms with van der Waals surface area (Å²) in [6.45, 7) is 0. The Labute approximate surface area is 93.7 Å². The first kappa shape index (κ1) is 12.1. The van der Waals surface area contributed by atoms with E-state index in [9.17, 15) is 4.79 Å². The number of rotatable bonds is 3. The van der Waals surface area contributed by atoms with Crippen LogP contribution in [0.3, 0.4) is 0 Å². The number of thioether (sulfide) groups is 1. The first-order valence-corrected chi connectivity index (χ1v) is 5.90. The van der Waals surface area contributed by atoms with Gasteiger partial charge in [0.1, 0.15) is 7.11 Å². The first-order valence-electron chi connectivity index (χ1n) is 4.74. The monoisotopic (exact) mass is 229 g/mol. The number of carbonyl (C=O) groups is 1. The highest BCUT2D eigenvalue weighted by Gasteiger charge is 2.13. The molecule has 1 heterocycles. The van der Waals surface area contributed by atoms with Gasteiger partial charge < -0.3 is 9.57 Å². The van der Waals surface area contributed by atoms with Gasteiger partial charge in [0.05, 0.1) is 7.11 Å². The highest BCUT2D eigenvalue weighted by Crippen LogP contribution is 2.21. The van der Waals surface area contributed by atoms with E-state index in [-0.39, 0.29) is 5.71 Å². The number of allylic oxidation sites excluding steroid dienone is 1. The van der Waals surface area contributed by atoms with Gasteiger partial charge in [-0.1, -0.05) is 10.7 Å². The number of esters is 1. The molecule has 1 fully saturated rings. The minimum Gasteiger partial charge on any atom is -0.464 e. The standard InChI is InChI=1S/C10H15NO3S/c1-13-10(12)9(11-14-2)7-8-3-5-15-6-4-8/h7H,3-6H2,1-2H3/b11-9+. The molecule has 0 atom stereocenters. The van der Waals surface area contributed by atoms with Gasteiger partial charge in [-0.15, -0.1) is 0 Å². The molecule has 15 heavy (non-hydrogen) atoms. The molecule has 0 bridgehead atoms. The molecule has 1 rings (SSSR count). The van der Waals surface area contributed by atoms with Crippen LogP contribution in [0.4, 0.5) is 0 Å². The molecule has 4 nitrogen and oxygen atoms in total. The Hall–Kier alpha value is -0.970. The zero-order valence-electron chi connectivity index (χ0n) is 8.99. The number of oxime groups is 1. The van der Waals surface area contributed by atoms with E-state index in [1.807, 2.05) is 11.8 Å². The van der Waals surface area contributed by atoms with Crippen LogP contribution < -0.4 is 0 Å². The molecular weight excluding hydrogens is 214 g/mol. The summed E-state index contributed by atoms with van der Waals surface area (Å²) in [5.41, 5.74) is 1.47. The van der Waals surface area contributed by atoms with Gasteiger partial charge in [0, 0.05) is 0 Å². The second kappa shape index (κ2) is 6.50. The molecule has 5 heteroatoms. The van der Waals surface area contributed by atoms with Gasteiger partial charge in [0.25, 0.3) is 0 Å². The second-order valence-electron chi connectivity index (χ2n) is 3.07. The van der Waals surface area contributed by atoms with Crippen LogP contribution in [0.15, 0.2) is 16.8 Å². The summed E-state index contributed by atoms with van der Waals surface area (Å²) >= 11 is 1.93. The summed E-state index contributed by atoms with van der Waals surface area (Å²) in [5, 5.41) is 3.65. The third-order valence-electron chi connectivity index (χ3n) is 2.06. The lowest BCUT2D eigenvalue weighted by Gasteiger charge is -2.13. The van der Waals surface area contributed by atoms with E-state index in [1.165, 1.54) is 19.8 Å². The van der Waals surface area contributed by atoms with Crippen LogP contribution >= 0.6 is 11.8 Å². The fourth-order valence-corrected chi connectivity index (χ4v) is 2.31. The van der Waals surface area contributed by atoms with Crippen molar-refractivity contribution in [2.45, 2.75) is 12.8 Å². The van der Waals surface area contributed by atoms with E-state index in [2.05, 4.69) is 14.7 Å². The van der Waals surface area contributed by atoms with Crippen LogP contribution in [0.5, 0.6) is 0 Å². The Morgan fingerprint density at radius 1 is 1.40 bits per heavy atom. The molecule has 0 amide bonds. The summed E-state index contributed by atoms with van der Waals surface area (Å²) in [7, 11) is 2.75. The van der Waals surface area contributed by atoms with Crippen molar-refractivity contribution in [1.82, 2.24) is 0 Å². The van der Waals surface area contributed by atoms with Gasteiger partial charge in [-0.2, -0.15) is 11.8 Å². The lowest BCUT2D eigenvalue weighted by atomic mass is 10.1. The van der Waals surface area contributed by atoms with Crippen molar-refractivity contribution in [3.05, 3.63) is 11.6 Å². The third kappa shape index (κ3) is 3.95. The smallest absolute Gasteiger partial charge is 0.360 e. The Bertz CT molecular complexity index is 278. The van der Waals surface area contributed by atoms with Crippen LogP contribution in [-0.2, 0) is 14.4 Å². The van der Waals surface area contributed by atoms with Crippen LogP contribution in [-0.4, -0.2) is 37.4 Å². The Kier molecular flexibility index (Phi) is 5.25.